The van der Waals surface area contributed by atoms with Crippen LogP contribution in [0.3, 0.4) is 0 Å². The lowest BCUT2D eigenvalue weighted by atomic mass is 9.86. The zero-order chi connectivity index (χ0) is 12.8. The standard InChI is InChI=1S/C12H23NO3/c1-5-6-7-8-9(14)13-10(11(15)16)12(2,3)4/h10H,5-8H2,1-4H3,(H,13,14)(H,15,16)/t10-/m0/s1. The molecule has 0 aliphatic rings. The van der Waals surface area contributed by atoms with Crippen molar-refractivity contribution < 1.29 is 14.7 Å². The molecule has 16 heavy (non-hydrogen) atoms. The van der Waals surface area contributed by atoms with E-state index < -0.39 is 17.4 Å². The number of carbonyl (C=O) groups excluding carboxylic acids is 1. The summed E-state index contributed by atoms with van der Waals surface area (Å²) >= 11 is 0. The van der Waals surface area contributed by atoms with Gasteiger partial charge in [-0.25, -0.2) is 4.79 Å². The highest BCUT2D eigenvalue weighted by Gasteiger charge is 2.32. The van der Waals surface area contributed by atoms with E-state index in [4.69, 9.17) is 5.11 Å². The predicted molar refractivity (Wildman–Crippen MR) is 63.2 cm³/mol. The summed E-state index contributed by atoms with van der Waals surface area (Å²) in [4.78, 5) is 22.5. The molecule has 2 N–H and O–H groups in total. The molecule has 0 aliphatic carbocycles. The molecule has 4 nitrogen and oxygen atoms in total. The summed E-state index contributed by atoms with van der Waals surface area (Å²) < 4.78 is 0. The molecule has 0 aromatic carbocycles. The smallest absolute Gasteiger partial charge is 0.326 e. The quantitative estimate of drug-likeness (QED) is 0.686. The summed E-state index contributed by atoms with van der Waals surface area (Å²) in [6.07, 6.45) is 3.28. The highest BCUT2D eigenvalue weighted by Crippen LogP contribution is 2.19. The molecule has 0 saturated carbocycles. The Kier molecular flexibility index (Phi) is 6.08. The number of carboxylic acids is 1. The topological polar surface area (TPSA) is 66.4 Å². The Morgan fingerprint density at radius 3 is 2.19 bits per heavy atom. The normalized spacial score (nSPS) is 13.2. The fourth-order valence-corrected chi connectivity index (χ4v) is 1.42. The fraction of sp³-hybridized carbons (Fsp3) is 0.833. The molecule has 0 unspecified atom stereocenters. The van der Waals surface area contributed by atoms with Gasteiger partial charge in [-0.15, -0.1) is 0 Å². The van der Waals surface area contributed by atoms with Gasteiger partial charge in [-0.2, -0.15) is 0 Å². The number of amides is 1. The second kappa shape index (κ2) is 6.51. The van der Waals surface area contributed by atoms with Crippen LogP contribution in [-0.4, -0.2) is 23.0 Å². The third-order valence-corrected chi connectivity index (χ3v) is 2.43. The summed E-state index contributed by atoms with van der Waals surface area (Å²) in [5.74, 6) is -1.15. The molecule has 0 heterocycles. The van der Waals surface area contributed by atoms with Crippen LogP contribution in [0.1, 0.15) is 53.4 Å². The molecule has 0 saturated heterocycles. The van der Waals surface area contributed by atoms with E-state index in [0.717, 1.165) is 19.3 Å². The lowest BCUT2D eigenvalue weighted by Crippen LogP contribution is -2.49. The van der Waals surface area contributed by atoms with Crippen molar-refractivity contribution >= 4 is 11.9 Å². The van der Waals surface area contributed by atoms with Crippen LogP contribution in [0.2, 0.25) is 0 Å². The highest BCUT2D eigenvalue weighted by molar-refractivity contribution is 5.84. The van der Waals surface area contributed by atoms with E-state index in [1.165, 1.54) is 0 Å². The van der Waals surface area contributed by atoms with Gasteiger partial charge < -0.3 is 10.4 Å². The summed E-state index contributed by atoms with van der Waals surface area (Å²) in [5.41, 5.74) is -0.466. The second-order valence-electron chi connectivity index (χ2n) is 5.16. The minimum absolute atomic E-state index is 0.171. The molecule has 1 amide bonds. The first-order valence-corrected chi connectivity index (χ1v) is 5.81. The average Bonchev–Trinajstić information content (AvgIpc) is 2.12. The molecule has 0 radical (unpaired) electrons. The maximum atomic E-state index is 11.5. The van der Waals surface area contributed by atoms with Crippen LogP contribution in [0.4, 0.5) is 0 Å². The maximum absolute atomic E-state index is 11.5. The number of aliphatic carboxylic acids is 1. The largest absolute Gasteiger partial charge is 0.480 e. The van der Waals surface area contributed by atoms with Crippen molar-refractivity contribution in [2.45, 2.75) is 59.4 Å². The fourth-order valence-electron chi connectivity index (χ4n) is 1.42. The molecule has 0 aromatic rings. The van der Waals surface area contributed by atoms with Crippen molar-refractivity contribution in [1.29, 1.82) is 0 Å². The van der Waals surface area contributed by atoms with E-state index in [2.05, 4.69) is 12.2 Å². The maximum Gasteiger partial charge on any atom is 0.326 e. The van der Waals surface area contributed by atoms with Crippen molar-refractivity contribution in [3.8, 4) is 0 Å². The van der Waals surface area contributed by atoms with Crippen molar-refractivity contribution in [2.24, 2.45) is 5.41 Å². The van der Waals surface area contributed by atoms with Crippen LogP contribution >= 0.6 is 0 Å². The van der Waals surface area contributed by atoms with Crippen LogP contribution in [0, 0.1) is 5.41 Å². The molecule has 1 atom stereocenters. The van der Waals surface area contributed by atoms with Gasteiger partial charge in [0.05, 0.1) is 0 Å². The first kappa shape index (κ1) is 14.9. The molecule has 0 spiro atoms. The van der Waals surface area contributed by atoms with Gasteiger partial charge in [-0.05, 0) is 11.8 Å². The van der Waals surface area contributed by atoms with Crippen LogP contribution in [0.5, 0.6) is 0 Å². The Morgan fingerprint density at radius 2 is 1.81 bits per heavy atom. The molecule has 0 fully saturated rings. The third-order valence-electron chi connectivity index (χ3n) is 2.43. The first-order valence-electron chi connectivity index (χ1n) is 5.81. The summed E-state index contributed by atoms with van der Waals surface area (Å²) in [7, 11) is 0. The number of carbonyl (C=O) groups is 2. The first-order chi connectivity index (χ1) is 7.29. The van der Waals surface area contributed by atoms with Gasteiger partial charge in [-0.3, -0.25) is 4.79 Å². The van der Waals surface area contributed by atoms with Crippen molar-refractivity contribution in [3.05, 3.63) is 0 Å². The van der Waals surface area contributed by atoms with Gasteiger partial charge in [0.1, 0.15) is 6.04 Å². The summed E-state index contributed by atoms with van der Waals surface area (Å²) in [6.45, 7) is 7.47. The Hall–Kier alpha value is -1.06. The van der Waals surface area contributed by atoms with E-state index in [1.807, 2.05) is 0 Å². The minimum atomic E-state index is -0.976. The van der Waals surface area contributed by atoms with Gasteiger partial charge in [-0.1, -0.05) is 40.5 Å². The zero-order valence-corrected chi connectivity index (χ0v) is 10.7. The lowest BCUT2D eigenvalue weighted by molar-refractivity contribution is -0.144. The molecule has 0 aliphatic heterocycles. The van der Waals surface area contributed by atoms with E-state index in [9.17, 15) is 9.59 Å². The molecule has 94 valence electrons. The number of rotatable bonds is 6. The van der Waals surface area contributed by atoms with Crippen LogP contribution in [-0.2, 0) is 9.59 Å². The summed E-state index contributed by atoms with van der Waals surface area (Å²) in [6, 6.07) is -0.818. The highest BCUT2D eigenvalue weighted by atomic mass is 16.4. The van der Waals surface area contributed by atoms with Crippen LogP contribution in [0.15, 0.2) is 0 Å². The molecule has 0 bridgehead atoms. The Bertz CT molecular complexity index is 243. The summed E-state index contributed by atoms with van der Waals surface area (Å²) in [5, 5.41) is 11.6. The van der Waals surface area contributed by atoms with Crippen molar-refractivity contribution in [1.82, 2.24) is 5.32 Å². The average molecular weight is 229 g/mol. The molecule has 0 rings (SSSR count). The van der Waals surface area contributed by atoms with E-state index in [-0.39, 0.29) is 5.91 Å². The van der Waals surface area contributed by atoms with Gasteiger partial charge in [0.25, 0.3) is 0 Å². The molecular weight excluding hydrogens is 206 g/mol. The van der Waals surface area contributed by atoms with Crippen LogP contribution in [0.25, 0.3) is 0 Å². The minimum Gasteiger partial charge on any atom is -0.480 e. The number of unbranched alkanes of at least 4 members (excludes halogenated alkanes) is 2. The lowest BCUT2D eigenvalue weighted by Gasteiger charge is -2.27. The van der Waals surface area contributed by atoms with E-state index in [1.54, 1.807) is 20.8 Å². The van der Waals surface area contributed by atoms with Gasteiger partial charge in [0.2, 0.25) is 5.91 Å². The Labute approximate surface area is 97.4 Å². The van der Waals surface area contributed by atoms with Gasteiger partial charge >= 0.3 is 5.97 Å². The van der Waals surface area contributed by atoms with E-state index in [0.29, 0.717) is 6.42 Å². The number of hydrogen-bond donors (Lipinski definition) is 2. The monoisotopic (exact) mass is 229 g/mol. The molecule has 0 aromatic heterocycles. The van der Waals surface area contributed by atoms with Gasteiger partial charge in [0.15, 0.2) is 0 Å². The Balaban J connectivity index is 4.21. The van der Waals surface area contributed by atoms with Gasteiger partial charge in [0, 0.05) is 6.42 Å². The van der Waals surface area contributed by atoms with Crippen molar-refractivity contribution in [3.63, 3.8) is 0 Å². The van der Waals surface area contributed by atoms with E-state index >= 15 is 0 Å². The number of carboxylic acid groups (broad SMARTS) is 1. The Morgan fingerprint density at radius 1 is 1.25 bits per heavy atom. The number of nitrogens with one attached hydrogen (secondary N) is 1. The number of hydrogen-bond acceptors (Lipinski definition) is 2. The van der Waals surface area contributed by atoms with Crippen molar-refractivity contribution in [2.75, 3.05) is 0 Å². The second-order valence-corrected chi connectivity index (χ2v) is 5.16. The molecular formula is C12H23NO3. The molecule has 4 heteroatoms. The zero-order valence-electron chi connectivity index (χ0n) is 10.7. The third kappa shape index (κ3) is 5.73. The SMILES string of the molecule is CCCCCC(=O)N[C@@H](C(=O)O)C(C)(C)C. The van der Waals surface area contributed by atoms with Crippen LogP contribution < -0.4 is 5.32 Å². The predicted octanol–water partition coefficient (Wildman–Crippen LogP) is 2.18.